The van der Waals surface area contributed by atoms with Crippen LogP contribution in [-0.4, -0.2) is 45.3 Å². The number of carbonyl (C=O) groups is 3. The Morgan fingerprint density at radius 3 is 2.48 bits per heavy atom. The number of rotatable bonds is 10. The predicted octanol–water partition coefficient (Wildman–Crippen LogP) is 1.28. The Hall–Kier alpha value is -3.36. The zero-order valence-electron chi connectivity index (χ0n) is 15.9. The molecule has 0 saturated carbocycles. The molecule has 0 spiro atoms. The van der Waals surface area contributed by atoms with Crippen LogP contribution in [0.25, 0.3) is 0 Å². The number of nitrogens with one attached hydrogen (secondary N) is 1. The molecule has 1 heterocycles. The summed E-state index contributed by atoms with van der Waals surface area (Å²) in [7, 11) is 0. The van der Waals surface area contributed by atoms with Gasteiger partial charge in [0.25, 0.3) is 5.56 Å². The number of carboxylic acids is 1. The van der Waals surface area contributed by atoms with Crippen molar-refractivity contribution in [2.24, 2.45) is 0 Å². The van der Waals surface area contributed by atoms with Crippen molar-refractivity contribution >= 4 is 17.7 Å². The number of aromatic nitrogens is 2. The molecule has 0 saturated heterocycles. The number of carboxylic acid groups (broad SMARTS) is 1. The number of aliphatic carboxylic acids is 1. The van der Waals surface area contributed by atoms with E-state index in [-0.39, 0.29) is 18.5 Å². The molecule has 0 radical (unpaired) electrons. The van der Waals surface area contributed by atoms with E-state index in [0.29, 0.717) is 0 Å². The van der Waals surface area contributed by atoms with Crippen molar-refractivity contribution in [1.82, 2.24) is 15.1 Å². The lowest BCUT2D eigenvalue weighted by Gasteiger charge is -2.20. The molecule has 2 atom stereocenters. The number of nitrogens with zero attached hydrogens (tertiary/aromatic N) is 2. The normalized spacial score (nSPS) is 12.8. The van der Waals surface area contributed by atoms with Gasteiger partial charge in [0.15, 0.2) is 5.78 Å². The van der Waals surface area contributed by atoms with E-state index in [1.54, 1.807) is 6.92 Å². The molecule has 154 valence electrons. The number of carbonyl (C=O) groups excluding carboxylic acids is 2. The molecule has 9 heteroatoms. The maximum atomic E-state index is 12.8. The first-order valence-corrected chi connectivity index (χ1v) is 9.08. The molecule has 1 aromatic carbocycles. The van der Waals surface area contributed by atoms with Crippen LogP contribution in [-0.2, 0) is 20.9 Å². The third-order valence-electron chi connectivity index (χ3n) is 4.43. The lowest BCUT2D eigenvalue weighted by Crippen LogP contribution is -2.45. The summed E-state index contributed by atoms with van der Waals surface area (Å²) < 4.78 is 13.9. The lowest BCUT2D eigenvalue weighted by atomic mass is 9.96. The van der Waals surface area contributed by atoms with Gasteiger partial charge in [0.2, 0.25) is 5.91 Å². The van der Waals surface area contributed by atoms with Crippen LogP contribution in [0.1, 0.15) is 36.8 Å². The Bertz CT molecular complexity index is 929. The smallest absolute Gasteiger partial charge is 0.305 e. The number of Topliss-reactive ketones (excluding diaryl/α,β-unsaturated/α-hetero) is 1. The number of amides is 1. The molecule has 0 aliphatic heterocycles. The van der Waals surface area contributed by atoms with Gasteiger partial charge in [0.1, 0.15) is 12.7 Å². The van der Waals surface area contributed by atoms with Crippen molar-refractivity contribution in [3.63, 3.8) is 0 Å². The van der Waals surface area contributed by atoms with Gasteiger partial charge in [-0.3, -0.25) is 19.2 Å². The first kappa shape index (κ1) is 21.9. The van der Waals surface area contributed by atoms with Crippen LogP contribution in [0.5, 0.6) is 0 Å². The van der Waals surface area contributed by atoms with E-state index in [9.17, 15) is 23.6 Å². The van der Waals surface area contributed by atoms with Gasteiger partial charge in [-0.2, -0.15) is 5.10 Å². The first-order chi connectivity index (χ1) is 13.9. The fraction of sp³-hybridized carbons (Fsp3) is 0.350. The minimum Gasteiger partial charge on any atom is -0.481 e. The highest BCUT2D eigenvalue weighted by Gasteiger charge is 2.29. The molecule has 2 aromatic rings. The highest BCUT2D eigenvalue weighted by Crippen LogP contribution is 2.17. The van der Waals surface area contributed by atoms with Gasteiger partial charge in [0.05, 0.1) is 18.9 Å². The fourth-order valence-corrected chi connectivity index (χ4v) is 2.93. The Kier molecular flexibility index (Phi) is 7.76. The molecule has 0 fully saturated rings. The van der Waals surface area contributed by atoms with Crippen LogP contribution in [0.15, 0.2) is 47.4 Å². The van der Waals surface area contributed by atoms with Crippen molar-refractivity contribution in [2.45, 2.75) is 38.3 Å². The average molecular weight is 403 g/mol. The van der Waals surface area contributed by atoms with Crippen LogP contribution in [0.3, 0.4) is 0 Å². The Balaban J connectivity index is 2.27. The monoisotopic (exact) mass is 403 g/mol. The minimum absolute atomic E-state index is 0.165. The maximum Gasteiger partial charge on any atom is 0.305 e. The number of halogens is 1. The molecule has 2 unspecified atom stereocenters. The SMILES string of the molecule is CCC(C(=O)NC(CC(=O)O)C(=O)CF)c1ccnn(Cc2ccccc2)c1=O. The molecule has 29 heavy (non-hydrogen) atoms. The molecule has 0 bridgehead atoms. The molecule has 8 nitrogen and oxygen atoms in total. The van der Waals surface area contributed by atoms with Crippen LogP contribution in [0, 0.1) is 0 Å². The van der Waals surface area contributed by atoms with Crippen LogP contribution >= 0.6 is 0 Å². The summed E-state index contributed by atoms with van der Waals surface area (Å²) in [6, 6.07) is 9.11. The van der Waals surface area contributed by atoms with E-state index in [2.05, 4.69) is 10.4 Å². The number of ketones is 1. The Morgan fingerprint density at radius 1 is 1.21 bits per heavy atom. The fourth-order valence-electron chi connectivity index (χ4n) is 2.93. The van der Waals surface area contributed by atoms with E-state index in [1.807, 2.05) is 30.3 Å². The third-order valence-corrected chi connectivity index (χ3v) is 4.43. The maximum absolute atomic E-state index is 12.8. The van der Waals surface area contributed by atoms with Gasteiger partial charge in [-0.1, -0.05) is 37.3 Å². The minimum atomic E-state index is -1.49. The standard InChI is InChI=1S/C20H22FN3O5/c1-2-14(19(28)23-16(10-18(26)27)17(25)11-21)15-8-9-22-24(20(15)29)12-13-6-4-3-5-7-13/h3-9,14,16H,2,10-12H2,1H3,(H,23,28)(H,26,27). The van der Waals surface area contributed by atoms with Gasteiger partial charge < -0.3 is 10.4 Å². The van der Waals surface area contributed by atoms with Crippen LogP contribution in [0.2, 0.25) is 0 Å². The second-order valence-corrected chi connectivity index (χ2v) is 6.45. The molecule has 0 aliphatic rings. The summed E-state index contributed by atoms with van der Waals surface area (Å²) >= 11 is 0. The highest BCUT2D eigenvalue weighted by atomic mass is 19.1. The van der Waals surface area contributed by atoms with Crippen molar-refractivity contribution < 1.29 is 23.9 Å². The summed E-state index contributed by atoms with van der Waals surface area (Å²) in [5.41, 5.74) is 0.550. The quantitative estimate of drug-likeness (QED) is 0.617. The van der Waals surface area contributed by atoms with E-state index in [4.69, 9.17) is 5.11 Å². The predicted molar refractivity (Wildman–Crippen MR) is 102 cm³/mol. The number of hydrogen-bond donors (Lipinski definition) is 2. The van der Waals surface area contributed by atoms with E-state index in [0.717, 1.165) is 5.56 Å². The topological polar surface area (TPSA) is 118 Å². The van der Waals surface area contributed by atoms with Crippen molar-refractivity contribution in [3.8, 4) is 0 Å². The Morgan fingerprint density at radius 2 is 1.90 bits per heavy atom. The zero-order valence-corrected chi connectivity index (χ0v) is 15.9. The zero-order chi connectivity index (χ0) is 21.4. The number of alkyl halides is 1. The van der Waals surface area contributed by atoms with Gasteiger partial charge in [0, 0.05) is 11.8 Å². The Labute approximate surface area is 166 Å². The molecule has 0 aliphatic carbocycles. The van der Waals surface area contributed by atoms with Crippen molar-refractivity contribution in [1.29, 1.82) is 0 Å². The summed E-state index contributed by atoms with van der Waals surface area (Å²) in [6.07, 6.45) is 0.886. The molecule has 1 amide bonds. The van der Waals surface area contributed by atoms with Gasteiger partial charge in [-0.05, 0) is 18.1 Å². The average Bonchev–Trinajstić information content (AvgIpc) is 2.70. The van der Waals surface area contributed by atoms with Crippen molar-refractivity contribution in [2.75, 3.05) is 6.67 Å². The largest absolute Gasteiger partial charge is 0.481 e. The summed E-state index contributed by atoms with van der Waals surface area (Å²) in [5.74, 6) is -4.03. The molecule has 2 rings (SSSR count). The third kappa shape index (κ3) is 5.81. The molecular weight excluding hydrogens is 381 g/mol. The van der Waals surface area contributed by atoms with Gasteiger partial charge in [-0.25, -0.2) is 9.07 Å². The molecule has 1 aromatic heterocycles. The molecular formula is C20H22FN3O5. The molecule has 2 N–H and O–H groups in total. The number of benzene rings is 1. The summed E-state index contributed by atoms with van der Waals surface area (Å²) in [4.78, 5) is 48.0. The summed E-state index contributed by atoms with van der Waals surface area (Å²) in [5, 5.41) is 15.2. The number of hydrogen-bond acceptors (Lipinski definition) is 5. The van der Waals surface area contributed by atoms with Gasteiger partial charge >= 0.3 is 5.97 Å². The lowest BCUT2D eigenvalue weighted by molar-refractivity contribution is -0.140. The second-order valence-electron chi connectivity index (χ2n) is 6.45. The van der Waals surface area contributed by atoms with E-state index in [1.165, 1.54) is 16.9 Å². The van der Waals surface area contributed by atoms with E-state index >= 15 is 0 Å². The van der Waals surface area contributed by atoms with Crippen molar-refractivity contribution in [3.05, 3.63) is 64.1 Å². The van der Waals surface area contributed by atoms with E-state index < -0.39 is 48.3 Å². The summed E-state index contributed by atoms with van der Waals surface area (Å²) in [6.45, 7) is 0.497. The van der Waals surface area contributed by atoms with Crippen LogP contribution in [0.4, 0.5) is 4.39 Å². The van der Waals surface area contributed by atoms with Crippen LogP contribution < -0.4 is 10.9 Å². The highest BCUT2D eigenvalue weighted by molar-refractivity contribution is 5.94. The van der Waals surface area contributed by atoms with Gasteiger partial charge in [-0.15, -0.1) is 0 Å². The first-order valence-electron chi connectivity index (χ1n) is 9.08. The second kappa shape index (κ2) is 10.3.